The highest BCUT2D eigenvalue weighted by Gasteiger charge is 2.21. The lowest BCUT2D eigenvalue weighted by atomic mass is 10.1. The van der Waals surface area contributed by atoms with E-state index in [9.17, 15) is 14.0 Å². The molecule has 1 aromatic heterocycles. The molecule has 0 aliphatic carbocycles. The zero-order chi connectivity index (χ0) is 24.0. The van der Waals surface area contributed by atoms with Gasteiger partial charge in [0.15, 0.2) is 11.0 Å². The second kappa shape index (κ2) is 10.9. The molecule has 0 unspecified atom stereocenters. The van der Waals surface area contributed by atoms with E-state index in [4.69, 9.17) is 0 Å². The van der Waals surface area contributed by atoms with E-state index < -0.39 is 17.8 Å². The average molecular weight is 468 g/mol. The average Bonchev–Trinajstić information content (AvgIpc) is 3.18. The fourth-order valence-electron chi connectivity index (χ4n) is 3.33. The molecule has 0 spiro atoms. The fraction of sp³-hybridized carbons (Fsp3) is 0.250. The first-order chi connectivity index (χ1) is 15.8. The van der Waals surface area contributed by atoms with Crippen LogP contribution in [0.5, 0.6) is 0 Å². The zero-order valence-corrected chi connectivity index (χ0v) is 19.6. The van der Waals surface area contributed by atoms with Crippen molar-refractivity contribution in [1.82, 2.24) is 20.1 Å². The smallest absolute Gasteiger partial charge is 0.254 e. The van der Waals surface area contributed by atoms with Crippen LogP contribution in [0.4, 0.5) is 10.1 Å². The number of halogens is 1. The number of nitrogens with one attached hydrogen (secondary N) is 2. The molecule has 2 N–H and O–H groups in total. The van der Waals surface area contributed by atoms with Crippen molar-refractivity contribution in [3.8, 4) is 0 Å². The number of amides is 2. The first-order valence-electron chi connectivity index (χ1n) is 10.4. The third-order valence-corrected chi connectivity index (χ3v) is 5.96. The van der Waals surface area contributed by atoms with Crippen LogP contribution in [0.15, 0.2) is 60.3 Å². The molecular weight excluding hydrogens is 441 g/mol. The number of aryl methyl sites for hydroxylation is 2. The predicted molar refractivity (Wildman–Crippen MR) is 128 cm³/mol. The van der Waals surface area contributed by atoms with E-state index in [-0.39, 0.29) is 17.2 Å². The Labute approximate surface area is 196 Å². The van der Waals surface area contributed by atoms with Gasteiger partial charge in [-0.3, -0.25) is 9.59 Å². The molecule has 0 bridgehead atoms. The molecule has 0 saturated heterocycles. The molecule has 0 saturated carbocycles. The van der Waals surface area contributed by atoms with Gasteiger partial charge in [-0.1, -0.05) is 48.2 Å². The van der Waals surface area contributed by atoms with Crippen molar-refractivity contribution < 1.29 is 14.0 Å². The summed E-state index contributed by atoms with van der Waals surface area (Å²) in [6.45, 7) is 9.79. The van der Waals surface area contributed by atoms with Crippen LogP contribution in [-0.2, 0) is 11.3 Å². The molecule has 0 aliphatic rings. The normalized spacial score (nSPS) is 11.6. The molecule has 172 valence electrons. The second-order valence-electron chi connectivity index (χ2n) is 7.52. The molecule has 0 radical (unpaired) electrons. The van der Waals surface area contributed by atoms with E-state index in [0.717, 1.165) is 16.8 Å². The Bertz CT molecular complexity index is 1160. The molecule has 1 heterocycles. The number of hydrogen-bond donors (Lipinski definition) is 2. The molecule has 9 heteroatoms. The number of anilines is 1. The van der Waals surface area contributed by atoms with Crippen LogP contribution in [0.2, 0.25) is 0 Å². The summed E-state index contributed by atoms with van der Waals surface area (Å²) in [4.78, 5) is 25.0. The van der Waals surface area contributed by atoms with E-state index in [2.05, 4.69) is 27.4 Å². The van der Waals surface area contributed by atoms with Gasteiger partial charge in [-0.25, -0.2) is 4.39 Å². The third-order valence-electron chi connectivity index (χ3n) is 4.99. The van der Waals surface area contributed by atoms with Crippen molar-refractivity contribution in [3.05, 3.63) is 83.5 Å². The summed E-state index contributed by atoms with van der Waals surface area (Å²) in [5, 5.41) is 14.6. The van der Waals surface area contributed by atoms with Crippen LogP contribution in [0, 0.1) is 19.7 Å². The van der Waals surface area contributed by atoms with Crippen LogP contribution >= 0.6 is 11.8 Å². The van der Waals surface area contributed by atoms with Gasteiger partial charge in [0.25, 0.3) is 5.91 Å². The van der Waals surface area contributed by atoms with Gasteiger partial charge in [-0.15, -0.1) is 16.8 Å². The quantitative estimate of drug-likeness (QED) is 0.359. The SMILES string of the molecule is C=CCn1c(SCC(=O)Nc2c(C)cccc2C)nnc1[C@H](C)NC(=O)c1ccccc1F. The van der Waals surface area contributed by atoms with Gasteiger partial charge in [-0.2, -0.15) is 0 Å². The van der Waals surface area contributed by atoms with Crippen molar-refractivity contribution >= 4 is 29.3 Å². The maximum atomic E-state index is 13.9. The number of hydrogen-bond acceptors (Lipinski definition) is 5. The fourth-order valence-corrected chi connectivity index (χ4v) is 4.08. The van der Waals surface area contributed by atoms with Crippen molar-refractivity contribution in [2.45, 2.75) is 38.5 Å². The van der Waals surface area contributed by atoms with E-state index in [0.29, 0.717) is 17.5 Å². The molecular formula is C24H26FN5O2S. The standard InChI is InChI=1S/C24H26FN5O2S/c1-5-13-30-22(17(4)26-23(32)18-11-6-7-12-19(18)25)28-29-24(30)33-14-20(31)27-21-15(2)9-8-10-16(21)3/h5-12,17H,1,13-14H2,2-4H3,(H,26,32)(H,27,31)/t17-/m0/s1. The predicted octanol–water partition coefficient (Wildman–Crippen LogP) is 4.44. The zero-order valence-electron chi connectivity index (χ0n) is 18.8. The lowest BCUT2D eigenvalue weighted by Crippen LogP contribution is -2.29. The largest absolute Gasteiger partial charge is 0.342 e. The summed E-state index contributed by atoms with van der Waals surface area (Å²) in [6, 6.07) is 11.1. The number of rotatable bonds is 9. The molecule has 3 rings (SSSR count). The van der Waals surface area contributed by atoms with Gasteiger partial charge in [0.05, 0.1) is 17.4 Å². The van der Waals surface area contributed by atoms with Crippen molar-refractivity contribution in [2.24, 2.45) is 0 Å². The van der Waals surface area contributed by atoms with E-state index in [1.807, 2.05) is 32.0 Å². The lowest BCUT2D eigenvalue weighted by molar-refractivity contribution is -0.113. The molecule has 1 atom stereocenters. The first kappa shape index (κ1) is 24.2. The Hall–Kier alpha value is -3.46. The van der Waals surface area contributed by atoms with E-state index in [1.54, 1.807) is 23.6 Å². The third kappa shape index (κ3) is 5.87. The number of para-hydroxylation sites is 1. The van der Waals surface area contributed by atoms with E-state index >= 15 is 0 Å². The Morgan fingerprint density at radius 3 is 2.52 bits per heavy atom. The number of aromatic nitrogens is 3. The molecule has 0 aliphatic heterocycles. The Kier molecular flexibility index (Phi) is 8.00. The molecule has 0 fully saturated rings. The Balaban J connectivity index is 1.69. The maximum absolute atomic E-state index is 13.9. The first-order valence-corrected chi connectivity index (χ1v) is 11.4. The maximum Gasteiger partial charge on any atom is 0.254 e. The van der Waals surface area contributed by atoms with E-state index in [1.165, 1.54) is 30.0 Å². The highest BCUT2D eigenvalue weighted by molar-refractivity contribution is 7.99. The van der Waals surface area contributed by atoms with Gasteiger partial charge in [0.2, 0.25) is 5.91 Å². The highest BCUT2D eigenvalue weighted by atomic mass is 32.2. The van der Waals surface area contributed by atoms with Crippen LogP contribution in [0.3, 0.4) is 0 Å². The Morgan fingerprint density at radius 2 is 1.85 bits per heavy atom. The number of benzene rings is 2. The minimum Gasteiger partial charge on any atom is -0.342 e. The molecule has 33 heavy (non-hydrogen) atoms. The summed E-state index contributed by atoms with van der Waals surface area (Å²) in [7, 11) is 0. The summed E-state index contributed by atoms with van der Waals surface area (Å²) in [6.07, 6.45) is 1.68. The van der Waals surface area contributed by atoms with Gasteiger partial charge in [-0.05, 0) is 44.0 Å². The van der Waals surface area contributed by atoms with Crippen LogP contribution < -0.4 is 10.6 Å². The van der Waals surface area contributed by atoms with Crippen LogP contribution in [0.25, 0.3) is 0 Å². The number of carbonyl (C=O) groups is 2. The molecule has 3 aromatic rings. The molecule has 7 nitrogen and oxygen atoms in total. The second-order valence-corrected chi connectivity index (χ2v) is 8.46. The van der Waals surface area contributed by atoms with Crippen molar-refractivity contribution in [3.63, 3.8) is 0 Å². The van der Waals surface area contributed by atoms with Gasteiger partial charge in [0, 0.05) is 12.2 Å². The monoisotopic (exact) mass is 467 g/mol. The van der Waals surface area contributed by atoms with Gasteiger partial charge < -0.3 is 15.2 Å². The molecule has 2 amide bonds. The summed E-state index contributed by atoms with van der Waals surface area (Å²) in [5.74, 6) is -0.680. The highest BCUT2D eigenvalue weighted by Crippen LogP contribution is 2.23. The number of nitrogens with zero attached hydrogens (tertiary/aromatic N) is 3. The summed E-state index contributed by atoms with van der Waals surface area (Å²) < 4.78 is 15.7. The lowest BCUT2D eigenvalue weighted by Gasteiger charge is -2.15. The van der Waals surface area contributed by atoms with Gasteiger partial charge >= 0.3 is 0 Å². The molecule has 2 aromatic carbocycles. The minimum absolute atomic E-state index is 0.0445. The summed E-state index contributed by atoms with van der Waals surface area (Å²) >= 11 is 1.24. The summed E-state index contributed by atoms with van der Waals surface area (Å²) in [5.41, 5.74) is 2.74. The number of allylic oxidation sites excluding steroid dienone is 1. The number of carbonyl (C=O) groups excluding carboxylic acids is 2. The van der Waals surface area contributed by atoms with Crippen molar-refractivity contribution in [1.29, 1.82) is 0 Å². The van der Waals surface area contributed by atoms with Crippen LogP contribution in [-0.4, -0.2) is 32.3 Å². The minimum atomic E-state index is -0.596. The Morgan fingerprint density at radius 1 is 1.15 bits per heavy atom. The van der Waals surface area contributed by atoms with Crippen molar-refractivity contribution in [2.75, 3.05) is 11.1 Å². The van der Waals surface area contributed by atoms with Crippen LogP contribution in [0.1, 0.15) is 40.3 Å². The van der Waals surface area contributed by atoms with Gasteiger partial charge in [0.1, 0.15) is 5.82 Å². The topological polar surface area (TPSA) is 88.9 Å². The number of thioether (sulfide) groups is 1.